The van der Waals surface area contributed by atoms with Crippen LogP contribution < -0.4 is 10.6 Å². The number of pyridine rings is 1. The van der Waals surface area contributed by atoms with E-state index in [1.54, 1.807) is 38.5 Å². The molecule has 198 valence electrons. The van der Waals surface area contributed by atoms with Gasteiger partial charge in [0.05, 0.1) is 17.1 Å². The molecule has 1 fully saturated rings. The first-order valence-corrected chi connectivity index (χ1v) is 12.9. The predicted octanol–water partition coefficient (Wildman–Crippen LogP) is 4.98. The molecule has 8 heteroatoms. The smallest absolute Gasteiger partial charge is 0.332 e. The Bertz CT molecular complexity index is 1540. The first-order valence-electron chi connectivity index (χ1n) is 12.9. The van der Waals surface area contributed by atoms with Gasteiger partial charge in [0.15, 0.2) is 0 Å². The summed E-state index contributed by atoms with van der Waals surface area (Å²) in [6.45, 7) is 12.2. The normalized spacial score (nSPS) is 14.7. The minimum atomic E-state index is -0.459. The Kier molecular flexibility index (Phi) is 6.61. The van der Waals surface area contributed by atoms with Crippen LogP contribution in [0, 0.1) is 12.7 Å². The number of rotatable bonds is 4. The molecule has 0 saturated carbocycles. The molecule has 3 heterocycles. The third-order valence-electron chi connectivity index (χ3n) is 7.37. The Morgan fingerprint density at radius 2 is 1.66 bits per heavy atom. The summed E-state index contributed by atoms with van der Waals surface area (Å²) in [5.74, 6) is -0.488. The van der Waals surface area contributed by atoms with E-state index < -0.39 is 5.82 Å². The number of phenols is 1. The Morgan fingerprint density at radius 3 is 2.29 bits per heavy atom. The molecular formula is C30H34FN5O2. The van der Waals surface area contributed by atoms with Gasteiger partial charge in [0, 0.05) is 68.0 Å². The number of aromatic hydroxyl groups is 1. The van der Waals surface area contributed by atoms with Gasteiger partial charge in [-0.25, -0.2) is 9.18 Å². The highest BCUT2D eigenvalue weighted by molar-refractivity contribution is 5.82. The maximum absolute atomic E-state index is 14.9. The van der Waals surface area contributed by atoms with E-state index in [4.69, 9.17) is 0 Å². The number of aromatic nitrogens is 3. The fourth-order valence-electron chi connectivity index (χ4n) is 5.13. The van der Waals surface area contributed by atoms with Crippen LogP contribution in [0.1, 0.15) is 26.5 Å². The van der Waals surface area contributed by atoms with E-state index in [-0.39, 0.29) is 17.0 Å². The fraction of sp³-hybridized carbons (Fsp3) is 0.333. The third-order valence-corrected chi connectivity index (χ3v) is 7.37. The lowest BCUT2D eigenvalue weighted by Gasteiger charge is -2.43. The average molecular weight is 516 g/mol. The van der Waals surface area contributed by atoms with Crippen LogP contribution in [0.25, 0.3) is 28.1 Å². The van der Waals surface area contributed by atoms with Gasteiger partial charge < -0.3 is 14.6 Å². The highest BCUT2D eigenvalue weighted by Gasteiger charge is 2.26. The molecule has 0 atom stereocenters. The second-order valence-electron chi connectivity index (χ2n) is 10.9. The summed E-state index contributed by atoms with van der Waals surface area (Å²) in [5, 5.41) is 11.3. The zero-order valence-corrected chi connectivity index (χ0v) is 22.6. The molecular weight excluding hydrogens is 481 g/mol. The van der Waals surface area contributed by atoms with E-state index in [9.17, 15) is 14.3 Å². The van der Waals surface area contributed by atoms with Crippen LogP contribution in [0.3, 0.4) is 0 Å². The summed E-state index contributed by atoms with van der Waals surface area (Å²) in [4.78, 5) is 21.8. The second kappa shape index (κ2) is 9.76. The summed E-state index contributed by atoms with van der Waals surface area (Å²) < 4.78 is 17.9. The summed E-state index contributed by atoms with van der Waals surface area (Å²) in [6.07, 6.45) is 3.36. The van der Waals surface area contributed by atoms with E-state index in [0.29, 0.717) is 28.2 Å². The molecule has 2 aromatic heterocycles. The number of hydrogen-bond donors (Lipinski definition) is 1. The number of imidazole rings is 1. The third kappa shape index (κ3) is 4.84. The number of phenolic OH excluding ortho intramolecular Hbond substituents is 1. The summed E-state index contributed by atoms with van der Waals surface area (Å²) in [6, 6.07) is 14.0. The first-order chi connectivity index (χ1) is 18.0. The van der Waals surface area contributed by atoms with Crippen molar-refractivity contribution in [2.75, 3.05) is 31.1 Å². The zero-order valence-electron chi connectivity index (χ0n) is 22.6. The molecule has 7 nitrogen and oxygen atoms in total. The number of halogens is 1. The second-order valence-corrected chi connectivity index (χ2v) is 10.9. The van der Waals surface area contributed by atoms with Crippen molar-refractivity contribution in [3.05, 3.63) is 82.9 Å². The largest absolute Gasteiger partial charge is 0.507 e. The van der Waals surface area contributed by atoms with E-state index >= 15 is 0 Å². The average Bonchev–Trinajstić information content (AvgIpc) is 3.22. The van der Waals surface area contributed by atoms with E-state index in [1.807, 2.05) is 18.2 Å². The van der Waals surface area contributed by atoms with Crippen molar-refractivity contribution in [2.24, 2.45) is 7.05 Å². The number of aryl methyl sites for hydroxylation is 2. The number of anilines is 1. The lowest BCUT2D eigenvalue weighted by molar-refractivity contribution is 0.128. The van der Waals surface area contributed by atoms with Crippen LogP contribution in [-0.2, 0) is 7.05 Å². The Hall–Kier alpha value is -3.91. The zero-order chi connectivity index (χ0) is 27.2. The van der Waals surface area contributed by atoms with Crippen molar-refractivity contribution in [1.29, 1.82) is 0 Å². The quantitative estimate of drug-likeness (QED) is 0.415. The van der Waals surface area contributed by atoms with E-state index in [2.05, 4.69) is 41.6 Å². The molecule has 1 aliphatic heterocycles. The maximum Gasteiger partial charge on any atom is 0.332 e. The summed E-state index contributed by atoms with van der Waals surface area (Å²) >= 11 is 0. The molecule has 0 aliphatic carbocycles. The van der Waals surface area contributed by atoms with Crippen LogP contribution in [0.4, 0.5) is 10.1 Å². The molecule has 2 aromatic carbocycles. The van der Waals surface area contributed by atoms with Crippen LogP contribution in [0.2, 0.25) is 0 Å². The molecule has 4 aromatic rings. The van der Waals surface area contributed by atoms with Gasteiger partial charge in [0.25, 0.3) is 0 Å². The Labute approximate surface area is 222 Å². The summed E-state index contributed by atoms with van der Waals surface area (Å²) in [7, 11) is 1.68. The number of piperazine rings is 1. The Morgan fingerprint density at radius 1 is 0.947 bits per heavy atom. The van der Waals surface area contributed by atoms with Gasteiger partial charge in [-0.1, -0.05) is 12.1 Å². The van der Waals surface area contributed by atoms with Crippen LogP contribution in [-0.4, -0.2) is 55.8 Å². The van der Waals surface area contributed by atoms with Crippen LogP contribution >= 0.6 is 0 Å². The van der Waals surface area contributed by atoms with Crippen molar-refractivity contribution in [2.45, 2.75) is 33.2 Å². The van der Waals surface area contributed by atoms with Gasteiger partial charge in [0.2, 0.25) is 0 Å². The van der Waals surface area contributed by atoms with Crippen molar-refractivity contribution >= 4 is 5.69 Å². The number of hydrogen-bond acceptors (Lipinski definition) is 5. The lowest BCUT2D eigenvalue weighted by atomic mass is 9.98. The van der Waals surface area contributed by atoms with Gasteiger partial charge in [-0.3, -0.25) is 14.5 Å². The maximum atomic E-state index is 14.9. The standard InChI is InChI=1S/C30H34FN5O2/c1-20-27(36-16-11-33(5)29(36)38)10-9-26(32-20)25-19-22(31)18-24(28(25)37)21-7-6-8-23(17-21)34-12-14-35(15-13-34)30(2,3)4/h6-11,16-19,37H,12-15H2,1-5H3. The van der Waals surface area contributed by atoms with E-state index in [0.717, 1.165) is 37.4 Å². The molecule has 1 N–H and O–H groups in total. The Balaban J connectivity index is 1.47. The van der Waals surface area contributed by atoms with Gasteiger partial charge >= 0.3 is 5.69 Å². The van der Waals surface area contributed by atoms with Crippen molar-refractivity contribution < 1.29 is 9.50 Å². The molecule has 0 spiro atoms. The monoisotopic (exact) mass is 515 g/mol. The minimum absolute atomic E-state index is 0.0300. The minimum Gasteiger partial charge on any atom is -0.507 e. The molecule has 0 radical (unpaired) electrons. The highest BCUT2D eigenvalue weighted by Crippen LogP contribution is 2.40. The van der Waals surface area contributed by atoms with Crippen LogP contribution in [0.15, 0.2) is 65.7 Å². The molecule has 0 bridgehead atoms. The van der Waals surface area contributed by atoms with Crippen molar-refractivity contribution in [3.8, 4) is 33.8 Å². The van der Waals surface area contributed by atoms with Gasteiger partial charge in [-0.05, 0) is 69.7 Å². The topological polar surface area (TPSA) is 66.5 Å². The number of nitrogens with zero attached hydrogens (tertiary/aromatic N) is 5. The lowest BCUT2D eigenvalue weighted by Crippen LogP contribution is -2.53. The SMILES string of the molecule is Cc1nc(-c2cc(F)cc(-c3cccc(N4CCN(C(C)(C)C)CC4)c3)c2O)ccc1-n1ccn(C)c1=O. The number of benzene rings is 2. The molecule has 0 unspecified atom stereocenters. The van der Waals surface area contributed by atoms with Gasteiger partial charge in [-0.15, -0.1) is 0 Å². The fourth-order valence-corrected chi connectivity index (χ4v) is 5.13. The van der Waals surface area contributed by atoms with Gasteiger partial charge in [0.1, 0.15) is 11.6 Å². The molecule has 38 heavy (non-hydrogen) atoms. The predicted molar refractivity (Wildman–Crippen MR) is 150 cm³/mol. The van der Waals surface area contributed by atoms with Crippen LogP contribution in [0.5, 0.6) is 5.75 Å². The highest BCUT2D eigenvalue weighted by atomic mass is 19.1. The summed E-state index contributed by atoms with van der Waals surface area (Å²) in [5.41, 5.74) is 4.13. The van der Waals surface area contributed by atoms with Gasteiger partial charge in [-0.2, -0.15) is 0 Å². The van der Waals surface area contributed by atoms with Crippen molar-refractivity contribution in [3.63, 3.8) is 0 Å². The molecule has 1 aliphatic rings. The first kappa shape index (κ1) is 25.7. The molecule has 0 amide bonds. The van der Waals surface area contributed by atoms with Crippen molar-refractivity contribution in [1.82, 2.24) is 19.0 Å². The van der Waals surface area contributed by atoms with E-state index in [1.165, 1.54) is 21.3 Å². The molecule has 5 rings (SSSR count). The molecule has 1 saturated heterocycles.